The number of benzene rings is 2. The third-order valence-corrected chi connectivity index (χ3v) is 12.7. The smallest absolute Gasteiger partial charge is 0.247 e. The first-order valence-corrected chi connectivity index (χ1v) is 16.0. The molecule has 0 bridgehead atoms. The molecule has 2 aliphatic rings. The fourth-order valence-electron chi connectivity index (χ4n) is 5.66. The average molecular weight is 634 g/mol. The van der Waals surface area contributed by atoms with Gasteiger partial charge in [0.05, 0.1) is 18.2 Å². The van der Waals surface area contributed by atoms with E-state index in [0.717, 1.165) is 38.9 Å². The van der Waals surface area contributed by atoms with Crippen LogP contribution in [0.2, 0.25) is 0 Å². The normalized spacial score (nSPS) is 23.7. The molecule has 2 aromatic carbocycles. The standard InChI is InChI=1S/C28H29F2N5O6S2/c1-27(22-14-18(4-10-23(22)30)15-25(36)24-11-7-20(41-3)16-32-24)28(43(39,40)34(2)26(31)33-27)12-13-35(17-28)42(37,38)21-8-5-19(29)6-9-21/h4-11,14,16H,12-13,15,17H2,1-3H3,(H2,31,33)/t27-,28-/m1/s1. The second kappa shape index (κ2) is 10.6. The van der Waals surface area contributed by atoms with Crippen LogP contribution in [0.1, 0.15) is 35.0 Å². The highest BCUT2D eigenvalue weighted by atomic mass is 32.2. The van der Waals surface area contributed by atoms with Crippen LogP contribution in [0.5, 0.6) is 5.75 Å². The first kappa shape index (κ1) is 30.5. The summed E-state index contributed by atoms with van der Waals surface area (Å²) in [4.78, 5) is 21.3. The highest BCUT2D eigenvalue weighted by Gasteiger charge is 2.67. The van der Waals surface area contributed by atoms with Gasteiger partial charge in [-0.1, -0.05) is 6.07 Å². The van der Waals surface area contributed by atoms with E-state index >= 15 is 4.39 Å². The minimum absolute atomic E-state index is 0.149. The highest BCUT2D eigenvalue weighted by Crippen LogP contribution is 2.52. The van der Waals surface area contributed by atoms with Crippen LogP contribution in [0.4, 0.5) is 8.78 Å². The number of nitrogens with zero attached hydrogens (tertiary/aromatic N) is 4. The van der Waals surface area contributed by atoms with Crippen molar-refractivity contribution in [1.29, 1.82) is 0 Å². The lowest BCUT2D eigenvalue weighted by Crippen LogP contribution is -2.66. The van der Waals surface area contributed by atoms with E-state index in [1.807, 2.05) is 0 Å². The molecule has 1 aromatic heterocycles. The lowest BCUT2D eigenvalue weighted by atomic mass is 9.77. The first-order valence-electron chi connectivity index (χ1n) is 13.1. The van der Waals surface area contributed by atoms with E-state index in [1.54, 1.807) is 6.07 Å². The van der Waals surface area contributed by atoms with Crippen molar-refractivity contribution < 1.29 is 35.1 Å². The number of ether oxygens (including phenoxy) is 1. The number of ketones is 1. The van der Waals surface area contributed by atoms with Crippen LogP contribution < -0.4 is 10.5 Å². The average Bonchev–Trinajstić information content (AvgIpc) is 3.46. The van der Waals surface area contributed by atoms with E-state index in [-0.39, 0.29) is 41.3 Å². The predicted octanol–water partition coefficient (Wildman–Crippen LogP) is 2.43. The van der Waals surface area contributed by atoms with Crippen LogP contribution in [0.15, 0.2) is 70.7 Å². The molecule has 0 aliphatic carbocycles. The number of sulfonamides is 2. The van der Waals surface area contributed by atoms with Crippen LogP contribution in [0.3, 0.4) is 0 Å². The third kappa shape index (κ3) is 4.84. The molecule has 5 rings (SSSR count). The largest absolute Gasteiger partial charge is 0.495 e. The molecule has 0 amide bonds. The summed E-state index contributed by atoms with van der Waals surface area (Å²) in [6.07, 6.45) is 0.958. The molecule has 0 saturated carbocycles. The fraction of sp³-hybridized carbons (Fsp3) is 0.321. The number of methoxy groups -OCH3 is 1. The number of nitrogens with two attached hydrogens (primary N) is 1. The molecule has 1 fully saturated rings. The summed E-state index contributed by atoms with van der Waals surface area (Å²) in [6.45, 7) is 0.583. The van der Waals surface area contributed by atoms with Gasteiger partial charge in [-0.3, -0.25) is 4.79 Å². The van der Waals surface area contributed by atoms with Crippen molar-refractivity contribution in [3.8, 4) is 5.75 Å². The number of guanidine groups is 1. The van der Waals surface area contributed by atoms with Crippen molar-refractivity contribution in [2.75, 3.05) is 27.2 Å². The molecule has 11 nitrogen and oxygen atoms in total. The predicted molar refractivity (Wildman–Crippen MR) is 153 cm³/mol. The van der Waals surface area contributed by atoms with E-state index in [2.05, 4.69) is 9.98 Å². The van der Waals surface area contributed by atoms with Gasteiger partial charge in [0.1, 0.15) is 33.4 Å². The van der Waals surface area contributed by atoms with Crippen LogP contribution in [0, 0.1) is 11.6 Å². The Morgan fingerprint density at radius 1 is 1.12 bits per heavy atom. The number of rotatable bonds is 7. The minimum atomic E-state index is -4.43. The van der Waals surface area contributed by atoms with Crippen molar-refractivity contribution >= 4 is 31.8 Å². The van der Waals surface area contributed by atoms with Crippen molar-refractivity contribution in [2.24, 2.45) is 10.7 Å². The van der Waals surface area contributed by atoms with Crippen molar-refractivity contribution in [2.45, 2.75) is 34.9 Å². The lowest BCUT2D eigenvalue weighted by molar-refractivity contribution is 0.0988. The van der Waals surface area contributed by atoms with Gasteiger partial charge in [-0.2, -0.15) is 4.31 Å². The number of carbonyl (C=O) groups is 1. The fourth-order valence-corrected chi connectivity index (χ4v) is 9.38. The van der Waals surface area contributed by atoms with Gasteiger partial charge in [-0.25, -0.2) is 39.9 Å². The minimum Gasteiger partial charge on any atom is -0.495 e. The van der Waals surface area contributed by atoms with E-state index in [4.69, 9.17) is 10.5 Å². The molecule has 0 radical (unpaired) electrons. The molecule has 0 unspecified atom stereocenters. The zero-order chi connectivity index (χ0) is 31.4. The maximum atomic E-state index is 15.7. The van der Waals surface area contributed by atoms with Gasteiger partial charge in [0.15, 0.2) is 5.78 Å². The van der Waals surface area contributed by atoms with E-state index in [0.29, 0.717) is 11.3 Å². The third-order valence-electron chi connectivity index (χ3n) is 8.23. The number of Topliss-reactive ketones (excluding diaryl/α,β-unsaturated/α-hetero) is 1. The summed E-state index contributed by atoms with van der Waals surface area (Å²) in [5.74, 6) is -1.77. The Hall–Kier alpha value is -3.95. The number of pyridine rings is 1. The van der Waals surface area contributed by atoms with Gasteiger partial charge in [0.2, 0.25) is 26.0 Å². The summed E-state index contributed by atoms with van der Waals surface area (Å²) in [5, 5.41) is 0. The molecule has 2 N–H and O–H groups in total. The maximum Gasteiger partial charge on any atom is 0.247 e. The van der Waals surface area contributed by atoms with Crippen LogP contribution in [-0.2, 0) is 32.0 Å². The Kier molecular flexibility index (Phi) is 7.55. The van der Waals surface area contributed by atoms with E-state index in [1.165, 1.54) is 45.5 Å². The van der Waals surface area contributed by atoms with Crippen LogP contribution >= 0.6 is 0 Å². The summed E-state index contributed by atoms with van der Waals surface area (Å²) in [5.41, 5.74) is 4.48. The molecule has 3 heterocycles. The zero-order valence-electron chi connectivity index (χ0n) is 23.5. The number of halogens is 2. The van der Waals surface area contributed by atoms with Crippen LogP contribution in [0.25, 0.3) is 0 Å². The van der Waals surface area contributed by atoms with Gasteiger partial charge in [-0.15, -0.1) is 0 Å². The molecular formula is C28H29F2N5O6S2. The van der Waals surface area contributed by atoms with Gasteiger partial charge < -0.3 is 10.5 Å². The highest BCUT2D eigenvalue weighted by molar-refractivity contribution is 7.91. The Morgan fingerprint density at radius 2 is 1.81 bits per heavy atom. The molecule has 2 aliphatic heterocycles. The SMILES string of the molecule is COc1ccc(C(=O)Cc2ccc(F)c([C@@]3(C)N=C(N)N(C)S(=O)(=O)[C@@]34CCN(S(=O)(=O)c3ccc(F)cc3)C4)c2)nc1. The number of carbonyl (C=O) groups excluding carboxylic acids is 1. The van der Waals surface area contributed by atoms with E-state index < -0.39 is 54.5 Å². The molecule has 15 heteroatoms. The Balaban J connectivity index is 1.58. The Bertz CT molecular complexity index is 1840. The molecule has 43 heavy (non-hydrogen) atoms. The molecule has 1 saturated heterocycles. The maximum absolute atomic E-state index is 15.7. The lowest BCUT2D eigenvalue weighted by Gasteiger charge is -2.48. The second-order valence-electron chi connectivity index (χ2n) is 10.5. The monoisotopic (exact) mass is 633 g/mol. The molecule has 3 aromatic rings. The van der Waals surface area contributed by atoms with E-state index in [9.17, 15) is 26.0 Å². The molecule has 228 valence electrons. The van der Waals surface area contributed by atoms with Gasteiger partial charge in [0, 0.05) is 32.1 Å². The second-order valence-corrected chi connectivity index (χ2v) is 14.8. The quantitative estimate of drug-likeness (QED) is 0.390. The Morgan fingerprint density at radius 3 is 2.44 bits per heavy atom. The number of hydrogen-bond acceptors (Lipinski definition) is 9. The van der Waals surface area contributed by atoms with Gasteiger partial charge in [-0.05, 0) is 67.4 Å². The van der Waals surface area contributed by atoms with Gasteiger partial charge >= 0.3 is 0 Å². The Labute approximate surface area is 248 Å². The van der Waals surface area contributed by atoms with Crippen molar-refractivity contribution in [3.05, 3.63) is 89.2 Å². The van der Waals surface area contributed by atoms with Crippen molar-refractivity contribution in [3.63, 3.8) is 0 Å². The number of aromatic nitrogens is 1. The molecular weight excluding hydrogens is 604 g/mol. The van der Waals surface area contributed by atoms with Crippen LogP contribution in [-0.4, -0.2) is 74.2 Å². The summed E-state index contributed by atoms with van der Waals surface area (Å²) in [7, 11) is -6.04. The van der Waals surface area contributed by atoms with Crippen molar-refractivity contribution in [1.82, 2.24) is 13.6 Å². The summed E-state index contributed by atoms with van der Waals surface area (Å²) in [6, 6.07) is 11.1. The topological polar surface area (TPSA) is 152 Å². The first-order chi connectivity index (χ1) is 20.2. The number of hydrogen-bond donors (Lipinski definition) is 1. The summed E-state index contributed by atoms with van der Waals surface area (Å²) < 4.78 is 89.2. The van der Waals surface area contributed by atoms with Gasteiger partial charge in [0.25, 0.3) is 0 Å². The summed E-state index contributed by atoms with van der Waals surface area (Å²) >= 11 is 0. The zero-order valence-corrected chi connectivity index (χ0v) is 25.1. The number of aliphatic imine (C=N–C) groups is 1. The molecule has 2 atom stereocenters. The molecule has 1 spiro atoms.